The molecule has 0 spiro atoms. The van der Waals surface area contributed by atoms with Crippen LogP contribution in [0.2, 0.25) is 0 Å². The Labute approximate surface area is 72.0 Å². The van der Waals surface area contributed by atoms with Crippen molar-refractivity contribution in [3.8, 4) is 0 Å². The zero-order valence-corrected chi connectivity index (χ0v) is 8.23. The predicted octanol–water partition coefficient (Wildman–Crippen LogP) is 2.16. The Morgan fingerprint density at radius 3 is 2.00 bits per heavy atom. The monoisotopic (exact) mass is 156 g/mol. The van der Waals surface area contributed by atoms with Gasteiger partial charge in [0.2, 0.25) is 0 Å². The van der Waals surface area contributed by atoms with Gasteiger partial charge in [0.05, 0.1) is 0 Å². The largest absolute Gasteiger partial charge is 0.444 e. The standard InChI is InChI=1S/C9H21BO/c1-3-5-9(6-4-2)7-8-11-10/h9H,3-8,10H2,1-2H3. The molecule has 0 aliphatic heterocycles. The highest BCUT2D eigenvalue weighted by Crippen LogP contribution is 2.16. The molecular formula is C9H21BO. The third-order valence-electron chi connectivity index (χ3n) is 2.12. The van der Waals surface area contributed by atoms with Gasteiger partial charge < -0.3 is 4.65 Å². The van der Waals surface area contributed by atoms with Gasteiger partial charge in [-0.25, -0.2) is 0 Å². The molecule has 0 N–H and O–H groups in total. The molecule has 0 heterocycles. The zero-order chi connectivity index (χ0) is 8.53. The minimum absolute atomic E-state index is 0.907. The molecule has 0 aliphatic carbocycles. The fourth-order valence-corrected chi connectivity index (χ4v) is 1.53. The molecule has 0 atom stereocenters. The lowest BCUT2D eigenvalue weighted by molar-refractivity contribution is 0.282. The van der Waals surface area contributed by atoms with E-state index in [1.807, 2.05) is 0 Å². The van der Waals surface area contributed by atoms with E-state index in [-0.39, 0.29) is 0 Å². The molecule has 0 bridgehead atoms. The van der Waals surface area contributed by atoms with Gasteiger partial charge in [-0.2, -0.15) is 0 Å². The van der Waals surface area contributed by atoms with Crippen LogP contribution in [-0.2, 0) is 4.65 Å². The third-order valence-corrected chi connectivity index (χ3v) is 2.12. The van der Waals surface area contributed by atoms with E-state index < -0.39 is 0 Å². The molecule has 0 unspecified atom stereocenters. The molecule has 0 saturated carbocycles. The third kappa shape index (κ3) is 6.42. The summed E-state index contributed by atoms with van der Waals surface area (Å²) in [5.74, 6) is 0.907. The van der Waals surface area contributed by atoms with Crippen molar-refractivity contribution in [3.05, 3.63) is 0 Å². The van der Waals surface area contributed by atoms with Crippen molar-refractivity contribution in [2.75, 3.05) is 6.61 Å². The molecule has 0 rings (SSSR count). The van der Waals surface area contributed by atoms with Gasteiger partial charge in [0, 0.05) is 6.61 Å². The van der Waals surface area contributed by atoms with Crippen LogP contribution in [0, 0.1) is 5.92 Å². The number of hydrogen-bond donors (Lipinski definition) is 0. The molecular weight excluding hydrogens is 135 g/mol. The average Bonchev–Trinajstić information content (AvgIpc) is 2.01. The Balaban J connectivity index is 3.34. The Morgan fingerprint density at radius 2 is 1.64 bits per heavy atom. The Bertz CT molecular complexity index is 70.0. The van der Waals surface area contributed by atoms with Gasteiger partial charge in [0.1, 0.15) is 0 Å². The SMILES string of the molecule is BOCCC(CCC)CCC. The van der Waals surface area contributed by atoms with Crippen LogP contribution >= 0.6 is 0 Å². The summed E-state index contributed by atoms with van der Waals surface area (Å²) in [5.41, 5.74) is 0. The Hall–Kier alpha value is 0.0249. The summed E-state index contributed by atoms with van der Waals surface area (Å²) < 4.78 is 5.06. The van der Waals surface area contributed by atoms with Gasteiger partial charge in [-0.1, -0.05) is 39.5 Å². The first-order chi connectivity index (χ1) is 5.35. The highest BCUT2D eigenvalue weighted by atomic mass is 16.4. The first-order valence-corrected chi connectivity index (χ1v) is 4.84. The van der Waals surface area contributed by atoms with Crippen LogP contribution in [0.1, 0.15) is 46.0 Å². The predicted molar refractivity (Wildman–Crippen MR) is 52.4 cm³/mol. The second-order valence-electron chi connectivity index (χ2n) is 3.22. The molecule has 0 fully saturated rings. The summed E-state index contributed by atoms with van der Waals surface area (Å²) in [7, 11) is 1.79. The molecule has 0 aromatic heterocycles. The number of rotatable bonds is 7. The summed E-state index contributed by atoms with van der Waals surface area (Å²) in [6, 6.07) is 0. The normalized spacial score (nSPS) is 10.8. The summed E-state index contributed by atoms with van der Waals surface area (Å²) in [4.78, 5) is 0. The first kappa shape index (κ1) is 11.0. The van der Waals surface area contributed by atoms with E-state index in [0.717, 1.165) is 12.5 Å². The highest BCUT2D eigenvalue weighted by Gasteiger charge is 2.04. The van der Waals surface area contributed by atoms with E-state index in [2.05, 4.69) is 13.8 Å². The van der Waals surface area contributed by atoms with Gasteiger partial charge in [-0.3, -0.25) is 0 Å². The van der Waals surface area contributed by atoms with E-state index in [9.17, 15) is 0 Å². The lowest BCUT2D eigenvalue weighted by atomic mass is 9.95. The van der Waals surface area contributed by atoms with Crippen LogP contribution in [0.15, 0.2) is 0 Å². The maximum absolute atomic E-state index is 5.06. The van der Waals surface area contributed by atoms with Crippen LogP contribution in [0.4, 0.5) is 0 Å². The van der Waals surface area contributed by atoms with E-state index >= 15 is 0 Å². The van der Waals surface area contributed by atoms with Crippen LogP contribution in [0.3, 0.4) is 0 Å². The molecule has 0 aromatic rings. The average molecular weight is 156 g/mol. The lowest BCUT2D eigenvalue weighted by Gasteiger charge is -2.13. The van der Waals surface area contributed by atoms with Crippen molar-refractivity contribution in [2.45, 2.75) is 46.0 Å². The van der Waals surface area contributed by atoms with E-state index in [1.165, 1.54) is 32.1 Å². The molecule has 0 aliphatic rings. The van der Waals surface area contributed by atoms with Crippen LogP contribution in [0.5, 0.6) is 0 Å². The van der Waals surface area contributed by atoms with Crippen molar-refractivity contribution in [1.29, 1.82) is 0 Å². The summed E-state index contributed by atoms with van der Waals surface area (Å²) in [6.07, 6.45) is 6.62. The molecule has 0 saturated heterocycles. The maximum Gasteiger partial charge on any atom is 0.257 e. The zero-order valence-electron chi connectivity index (χ0n) is 8.23. The maximum atomic E-state index is 5.06. The topological polar surface area (TPSA) is 9.23 Å². The van der Waals surface area contributed by atoms with Crippen molar-refractivity contribution < 1.29 is 4.65 Å². The fourth-order valence-electron chi connectivity index (χ4n) is 1.53. The van der Waals surface area contributed by atoms with Gasteiger partial charge in [0.25, 0.3) is 8.05 Å². The van der Waals surface area contributed by atoms with Crippen molar-refractivity contribution in [2.24, 2.45) is 5.92 Å². The van der Waals surface area contributed by atoms with Crippen LogP contribution in [0.25, 0.3) is 0 Å². The molecule has 2 heteroatoms. The van der Waals surface area contributed by atoms with Crippen molar-refractivity contribution >= 4 is 8.05 Å². The quantitative estimate of drug-likeness (QED) is 0.513. The lowest BCUT2D eigenvalue weighted by Crippen LogP contribution is -2.04. The van der Waals surface area contributed by atoms with Crippen molar-refractivity contribution in [3.63, 3.8) is 0 Å². The van der Waals surface area contributed by atoms with Gasteiger partial charge in [-0.15, -0.1) is 0 Å². The fraction of sp³-hybridized carbons (Fsp3) is 1.00. The van der Waals surface area contributed by atoms with Crippen LogP contribution in [-0.4, -0.2) is 14.7 Å². The van der Waals surface area contributed by atoms with Crippen LogP contribution < -0.4 is 0 Å². The van der Waals surface area contributed by atoms with E-state index in [0.29, 0.717) is 0 Å². The molecule has 66 valence electrons. The number of hydrogen-bond acceptors (Lipinski definition) is 1. The van der Waals surface area contributed by atoms with Gasteiger partial charge in [-0.05, 0) is 12.3 Å². The summed E-state index contributed by atoms with van der Waals surface area (Å²) in [5, 5.41) is 0. The van der Waals surface area contributed by atoms with E-state index in [4.69, 9.17) is 4.65 Å². The first-order valence-electron chi connectivity index (χ1n) is 4.84. The van der Waals surface area contributed by atoms with Gasteiger partial charge in [0.15, 0.2) is 0 Å². The highest BCUT2D eigenvalue weighted by molar-refractivity contribution is 5.97. The molecule has 0 aromatic carbocycles. The minimum Gasteiger partial charge on any atom is -0.444 e. The summed E-state index contributed by atoms with van der Waals surface area (Å²) in [6.45, 7) is 5.45. The molecule has 11 heavy (non-hydrogen) atoms. The smallest absolute Gasteiger partial charge is 0.257 e. The van der Waals surface area contributed by atoms with E-state index in [1.54, 1.807) is 8.05 Å². The molecule has 0 radical (unpaired) electrons. The summed E-state index contributed by atoms with van der Waals surface area (Å²) >= 11 is 0. The Morgan fingerprint density at radius 1 is 1.09 bits per heavy atom. The second kappa shape index (κ2) is 8.12. The molecule has 1 nitrogen and oxygen atoms in total. The van der Waals surface area contributed by atoms with Crippen molar-refractivity contribution in [1.82, 2.24) is 0 Å². The van der Waals surface area contributed by atoms with Gasteiger partial charge >= 0.3 is 0 Å². The minimum atomic E-state index is 0.907. The molecule has 0 amide bonds. The second-order valence-corrected chi connectivity index (χ2v) is 3.22. The Kier molecular flexibility index (Phi) is 8.14.